The van der Waals surface area contributed by atoms with Crippen molar-refractivity contribution >= 4 is 17.6 Å². The molecule has 19 heavy (non-hydrogen) atoms. The van der Waals surface area contributed by atoms with Crippen molar-refractivity contribution in [2.45, 2.75) is 25.7 Å². The van der Waals surface area contributed by atoms with Gasteiger partial charge in [-0.15, -0.1) is 0 Å². The van der Waals surface area contributed by atoms with E-state index >= 15 is 0 Å². The van der Waals surface area contributed by atoms with Crippen LogP contribution in [0.3, 0.4) is 0 Å². The van der Waals surface area contributed by atoms with E-state index < -0.39 is 17.8 Å². The molecule has 0 radical (unpaired) electrons. The van der Waals surface area contributed by atoms with Crippen LogP contribution >= 0.6 is 0 Å². The van der Waals surface area contributed by atoms with Gasteiger partial charge < -0.3 is 10.0 Å². The predicted molar refractivity (Wildman–Crippen MR) is 70.7 cm³/mol. The molecule has 1 aromatic rings. The maximum Gasteiger partial charge on any atom is 0.307 e. The number of carbonyl (C=O) groups is 2. The van der Waals surface area contributed by atoms with Gasteiger partial charge in [-0.3, -0.25) is 14.6 Å². The van der Waals surface area contributed by atoms with Crippen LogP contribution in [-0.2, 0) is 9.59 Å². The molecule has 0 aliphatic heterocycles. The van der Waals surface area contributed by atoms with Crippen molar-refractivity contribution in [3.63, 3.8) is 0 Å². The lowest BCUT2D eigenvalue weighted by Gasteiger charge is -2.30. The van der Waals surface area contributed by atoms with Crippen LogP contribution < -0.4 is 4.90 Å². The van der Waals surface area contributed by atoms with E-state index in [1.807, 2.05) is 0 Å². The number of carbonyl (C=O) groups excluding carboxylic acids is 1. The summed E-state index contributed by atoms with van der Waals surface area (Å²) in [4.78, 5) is 29.2. The van der Waals surface area contributed by atoms with E-state index in [0.29, 0.717) is 18.5 Å². The Morgan fingerprint density at radius 3 is 2.58 bits per heavy atom. The number of pyridine rings is 1. The number of aromatic nitrogens is 1. The lowest BCUT2D eigenvalue weighted by Crippen LogP contribution is -2.40. The van der Waals surface area contributed by atoms with E-state index in [-0.39, 0.29) is 5.91 Å². The maximum absolute atomic E-state index is 12.4. The molecule has 5 heteroatoms. The SMILES string of the molecule is CN(C(=O)C1CCCCC1C(=O)O)c1cccnc1. The Bertz CT molecular complexity index is 461. The molecule has 1 heterocycles. The minimum Gasteiger partial charge on any atom is -0.481 e. The molecule has 2 atom stereocenters. The van der Waals surface area contributed by atoms with E-state index in [9.17, 15) is 14.7 Å². The first-order chi connectivity index (χ1) is 9.11. The van der Waals surface area contributed by atoms with Crippen molar-refractivity contribution < 1.29 is 14.7 Å². The zero-order valence-corrected chi connectivity index (χ0v) is 11.0. The van der Waals surface area contributed by atoms with Crippen LogP contribution in [0.25, 0.3) is 0 Å². The first kappa shape index (κ1) is 13.5. The molecule has 2 unspecified atom stereocenters. The topological polar surface area (TPSA) is 70.5 Å². The Morgan fingerprint density at radius 1 is 1.32 bits per heavy atom. The van der Waals surface area contributed by atoms with Crippen molar-refractivity contribution in [2.24, 2.45) is 11.8 Å². The number of carboxylic acids is 1. The fourth-order valence-electron chi connectivity index (χ4n) is 2.65. The van der Waals surface area contributed by atoms with Gasteiger partial charge in [0.2, 0.25) is 5.91 Å². The van der Waals surface area contributed by atoms with Gasteiger partial charge in [0.1, 0.15) is 0 Å². The van der Waals surface area contributed by atoms with Crippen LogP contribution in [0.15, 0.2) is 24.5 Å². The molecule has 1 aliphatic rings. The number of aliphatic carboxylic acids is 1. The predicted octanol–water partition coefficient (Wildman–Crippen LogP) is 1.94. The van der Waals surface area contributed by atoms with Crippen LogP contribution in [0.5, 0.6) is 0 Å². The normalized spacial score (nSPS) is 22.8. The third kappa shape index (κ3) is 2.92. The number of hydrogen-bond donors (Lipinski definition) is 1. The summed E-state index contributed by atoms with van der Waals surface area (Å²) >= 11 is 0. The van der Waals surface area contributed by atoms with Crippen molar-refractivity contribution in [3.8, 4) is 0 Å². The Balaban J connectivity index is 2.15. The van der Waals surface area contributed by atoms with E-state index in [4.69, 9.17) is 0 Å². The molecule has 0 bridgehead atoms. The Kier molecular flexibility index (Phi) is 4.14. The third-order valence-electron chi connectivity index (χ3n) is 3.76. The Hall–Kier alpha value is -1.91. The second-order valence-corrected chi connectivity index (χ2v) is 4.94. The van der Waals surface area contributed by atoms with Gasteiger partial charge in [0, 0.05) is 13.2 Å². The van der Waals surface area contributed by atoms with Crippen LogP contribution in [0, 0.1) is 11.8 Å². The van der Waals surface area contributed by atoms with Crippen molar-refractivity contribution in [3.05, 3.63) is 24.5 Å². The van der Waals surface area contributed by atoms with E-state index in [0.717, 1.165) is 12.8 Å². The highest BCUT2D eigenvalue weighted by Gasteiger charge is 2.37. The lowest BCUT2D eigenvalue weighted by molar-refractivity contribution is -0.148. The average molecular weight is 262 g/mol. The van der Waals surface area contributed by atoms with Crippen LogP contribution in [0.4, 0.5) is 5.69 Å². The first-order valence-corrected chi connectivity index (χ1v) is 6.51. The zero-order chi connectivity index (χ0) is 13.8. The van der Waals surface area contributed by atoms with Gasteiger partial charge in [-0.05, 0) is 25.0 Å². The molecular weight excluding hydrogens is 244 g/mol. The number of anilines is 1. The molecule has 0 saturated heterocycles. The summed E-state index contributed by atoms with van der Waals surface area (Å²) in [7, 11) is 1.67. The lowest BCUT2D eigenvalue weighted by atomic mass is 9.78. The zero-order valence-electron chi connectivity index (χ0n) is 11.0. The van der Waals surface area contributed by atoms with Gasteiger partial charge in [0.15, 0.2) is 0 Å². The number of nitrogens with zero attached hydrogens (tertiary/aromatic N) is 2. The van der Waals surface area contributed by atoms with Gasteiger partial charge in [0.05, 0.1) is 23.7 Å². The summed E-state index contributed by atoms with van der Waals surface area (Å²) < 4.78 is 0. The summed E-state index contributed by atoms with van der Waals surface area (Å²) in [5, 5.41) is 9.23. The highest BCUT2D eigenvalue weighted by atomic mass is 16.4. The molecule has 1 N–H and O–H groups in total. The quantitative estimate of drug-likeness (QED) is 0.903. The maximum atomic E-state index is 12.4. The molecule has 1 amide bonds. The summed E-state index contributed by atoms with van der Waals surface area (Å²) in [6.45, 7) is 0. The number of hydrogen-bond acceptors (Lipinski definition) is 3. The molecule has 1 fully saturated rings. The molecule has 1 saturated carbocycles. The highest BCUT2D eigenvalue weighted by molar-refractivity contribution is 5.96. The molecule has 102 valence electrons. The number of carboxylic acid groups (broad SMARTS) is 1. The van der Waals surface area contributed by atoms with Gasteiger partial charge in [-0.25, -0.2) is 0 Å². The minimum absolute atomic E-state index is 0.125. The van der Waals surface area contributed by atoms with Gasteiger partial charge in [-0.1, -0.05) is 12.8 Å². The highest BCUT2D eigenvalue weighted by Crippen LogP contribution is 2.32. The smallest absolute Gasteiger partial charge is 0.307 e. The fraction of sp³-hybridized carbons (Fsp3) is 0.500. The van der Waals surface area contributed by atoms with Crippen molar-refractivity contribution in [2.75, 3.05) is 11.9 Å². The van der Waals surface area contributed by atoms with Crippen LogP contribution in [0.2, 0.25) is 0 Å². The van der Waals surface area contributed by atoms with Gasteiger partial charge in [0.25, 0.3) is 0 Å². The summed E-state index contributed by atoms with van der Waals surface area (Å²) in [5.41, 5.74) is 0.696. The van der Waals surface area contributed by atoms with Crippen molar-refractivity contribution in [1.82, 2.24) is 4.98 Å². The summed E-state index contributed by atoms with van der Waals surface area (Å²) in [5.74, 6) is -1.96. The van der Waals surface area contributed by atoms with Crippen LogP contribution in [-0.4, -0.2) is 29.0 Å². The summed E-state index contributed by atoms with van der Waals surface area (Å²) in [6, 6.07) is 3.55. The van der Waals surface area contributed by atoms with E-state index in [1.165, 1.54) is 4.90 Å². The van der Waals surface area contributed by atoms with Crippen molar-refractivity contribution in [1.29, 1.82) is 0 Å². The molecule has 1 aliphatic carbocycles. The average Bonchev–Trinajstić information content (AvgIpc) is 2.46. The van der Waals surface area contributed by atoms with Gasteiger partial charge >= 0.3 is 5.97 Å². The van der Waals surface area contributed by atoms with E-state index in [1.54, 1.807) is 31.6 Å². The number of amides is 1. The molecular formula is C14H18N2O3. The molecule has 0 aromatic carbocycles. The monoisotopic (exact) mass is 262 g/mol. The minimum atomic E-state index is -0.863. The Morgan fingerprint density at radius 2 is 2.00 bits per heavy atom. The first-order valence-electron chi connectivity index (χ1n) is 6.51. The third-order valence-corrected chi connectivity index (χ3v) is 3.76. The standard InChI is InChI=1S/C14H18N2O3/c1-16(10-5-4-8-15-9-10)13(17)11-6-2-3-7-12(11)14(18)19/h4-5,8-9,11-12H,2-3,6-7H2,1H3,(H,18,19). The largest absolute Gasteiger partial charge is 0.481 e. The molecule has 2 rings (SSSR count). The summed E-state index contributed by atoms with van der Waals surface area (Å²) in [6.07, 6.45) is 6.30. The van der Waals surface area contributed by atoms with Crippen LogP contribution in [0.1, 0.15) is 25.7 Å². The second-order valence-electron chi connectivity index (χ2n) is 4.94. The second kappa shape index (κ2) is 5.82. The molecule has 0 spiro atoms. The molecule has 1 aromatic heterocycles. The molecule has 5 nitrogen and oxygen atoms in total. The van der Waals surface area contributed by atoms with E-state index in [2.05, 4.69) is 4.98 Å². The van der Waals surface area contributed by atoms with Gasteiger partial charge in [-0.2, -0.15) is 0 Å². The fourth-order valence-corrected chi connectivity index (χ4v) is 2.65. The number of rotatable bonds is 3. The Labute approximate surface area is 112 Å².